The van der Waals surface area contributed by atoms with Crippen molar-refractivity contribution in [2.45, 2.75) is 20.0 Å². The second kappa shape index (κ2) is 6.20. The molecule has 0 aliphatic carbocycles. The molecule has 0 saturated carbocycles. The quantitative estimate of drug-likeness (QED) is 0.675. The molecule has 2 aromatic rings. The molecular weight excluding hydrogens is 268 g/mol. The topological polar surface area (TPSA) is 83.9 Å². The van der Waals surface area contributed by atoms with Crippen LogP contribution in [0.4, 0.5) is 5.69 Å². The van der Waals surface area contributed by atoms with E-state index in [0.29, 0.717) is 18.8 Å². The van der Waals surface area contributed by atoms with E-state index in [1.165, 1.54) is 12.1 Å². The van der Waals surface area contributed by atoms with Gasteiger partial charge in [-0.15, -0.1) is 0 Å². The van der Waals surface area contributed by atoms with Crippen LogP contribution in [0.3, 0.4) is 0 Å². The number of hydrogen-bond acceptors (Lipinski definition) is 4. The van der Waals surface area contributed by atoms with Crippen LogP contribution in [-0.2, 0) is 20.1 Å². The van der Waals surface area contributed by atoms with Crippen molar-refractivity contribution >= 4 is 5.69 Å². The minimum atomic E-state index is -0.409. The molecule has 0 fully saturated rings. The lowest BCUT2D eigenvalue weighted by Crippen LogP contribution is -2.13. The van der Waals surface area contributed by atoms with Crippen molar-refractivity contribution in [1.29, 1.82) is 5.26 Å². The zero-order valence-electron chi connectivity index (χ0n) is 12.0. The van der Waals surface area contributed by atoms with Gasteiger partial charge in [0.1, 0.15) is 11.8 Å². The van der Waals surface area contributed by atoms with Gasteiger partial charge in [0.05, 0.1) is 4.92 Å². The van der Waals surface area contributed by atoms with Crippen LogP contribution >= 0.6 is 0 Å². The Bertz CT molecular complexity index is 696. The Morgan fingerprint density at radius 1 is 1.33 bits per heavy atom. The number of nitrogens with one attached hydrogen (secondary N) is 1. The third kappa shape index (κ3) is 3.27. The second-order valence-corrected chi connectivity index (χ2v) is 4.84. The van der Waals surface area contributed by atoms with Crippen molar-refractivity contribution in [3.8, 4) is 6.07 Å². The van der Waals surface area contributed by atoms with E-state index in [0.717, 1.165) is 16.8 Å². The molecule has 0 saturated heterocycles. The first-order valence-electron chi connectivity index (χ1n) is 6.52. The van der Waals surface area contributed by atoms with Gasteiger partial charge in [-0.3, -0.25) is 10.1 Å². The highest BCUT2D eigenvalue weighted by Crippen LogP contribution is 2.14. The highest BCUT2D eigenvalue weighted by Gasteiger charge is 2.08. The normalized spacial score (nSPS) is 10.3. The van der Waals surface area contributed by atoms with E-state index in [1.807, 2.05) is 24.6 Å². The molecule has 1 aromatic carbocycles. The van der Waals surface area contributed by atoms with Gasteiger partial charge in [-0.25, -0.2) is 0 Å². The number of aromatic nitrogens is 1. The lowest BCUT2D eigenvalue weighted by Gasteiger charge is -2.05. The maximum absolute atomic E-state index is 10.6. The number of nitrogens with zero attached hydrogens (tertiary/aromatic N) is 3. The largest absolute Gasteiger partial charge is 0.340 e. The first-order chi connectivity index (χ1) is 10.0. The van der Waals surface area contributed by atoms with E-state index < -0.39 is 4.92 Å². The van der Waals surface area contributed by atoms with Crippen LogP contribution in [-0.4, -0.2) is 9.49 Å². The monoisotopic (exact) mass is 284 g/mol. The third-order valence-corrected chi connectivity index (χ3v) is 3.55. The first kappa shape index (κ1) is 14.8. The van der Waals surface area contributed by atoms with Crippen LogP contribution in [0.25, 0.3) is 0 Å². The molecule has 1 N–H and O–H groups in total. The van der Waals surface area contributed by atoms with E-state index in [9.17, 15) is 10.1 Å². The molecule has 21 heavy (non-hydrogen) atoms. The average molecular weight is 284 g/mol. The fourth-order valence-corrected chi connectivity index (χ4v) is 2.13. The van der Waals surface area contributed by atoms with Crippen molar-refractivity contribution in [1.82, 2.24) is 9.88 Å². The van der Waals surface area contributed by atoms with Crippen LogP contribution in [0.15, 0.2) is 30.3 Å². The van der Waals surface area contributed by atoms with E-state index in [4.69, 9.17) is 5.26 Å². The van der Waals surface area contributed by atoms with Crippen LogP contribution in [0, 0.1) is 28.4 Å². The van der Waals surface area contributed by atoms with Gasteiger partial charge in [0.15, 0.2) is 0 Å². The van der Waals surface area contributed by atoms with Crippen LogP contribution in [0.1, 0.15) is 22.5 Å². The molecular formula is C15H16N4O2. The highest BCUT2D eigenvalue weighted by molar-refractivity contribution is 5.35. The van der Waals surface area contributed by atoms with Crippen LogP contribution in [0.2, 0.25) is 0 Å². The summed E-state index contributed by atoms with van der Waals surface area (Å²) in [5, 5.41) is 22.8. The SMILES string of the molecule is Cc1c(CNCc2ccc([N+](=O)[O-])cc2)cc(C#N)n1C. The number of rotatable bonds is 5. The molecule has 0 amide bonds. The van der Waals surface area contributed by atoms with Gasteiger partial charge < -0.3 is 9.88 Å². The number of nitro benzene ring substituents is 1. The van der Waals surface area contributed by atoms with Gasteiger partial charge in [0, 0.05) is 38.0 Å². The molecule has 0 radical (unpaired) electrons. The Morgan fingerprint density at radius 3 is 2.52 bits per heavy atom. The molecule has 0 atom stereocenters. The minimum Gasteiger partial charge on any atom is -0.340 e. The molecule has 0 aliphatic rings. The third-order valence-electron chi connectivity index (χ3n) is 3.55. The summed E-state index contributed by atoms with van der Waals surface area (Å²) in [6.07, 6.45) is 0. The second-order valence-electron chi connectivity index (χ2n) is 4.84. The Kier molecular flexibility index (Phi) is 4.36. The van der Waals surface area contributed by atoms with Gasteiger partial charge in [-0.1, -0.05) is 12.1 Å². The Hall–Kier alpha value is -2.65. The van der Waals surface area contributed by atoms with E-state index >= 15 is 0 Å². The molecule has 0 bridgehead atoms. The lowest BCUT2D eigenvalue weighted by molar-refractivity contribution is -0.384. The van der Waals surface area contributed by atoms with Crippen molar-refractivity contribution in [2.75, 3.05) is 0 Å². The summed E-state index contributed by atoms with van der Waals surface area (Å²) in [5.41, 5.74) is 3.85. The summed E-state index contributed by atoms with van der Waals surface area (Å²) in [4.78, 5) is 10.2. The Labute approximate surface area is 122 Å². The highest BCUT2D eigenvalue weighted by atomic mass is 16.6. The van der Waals surface area contributed by atoms with Crippen molar-refractivity contribution in [3.05, 3.63) is 63.0 Å². The molecule has 0 unspecified atom stereocenters. The van der Waals surface area contributed by atoms with Crippen molar-refractivity contribution in [2.24, 2.45) is 7.05 Å². The zero-order chi connectivity index (χ0) is 15.4. The van der Waals surface area contributed by atoms with Gasteiger partial charge in [0.25, 0.3) is 5.69 Å². The molecule has 0 aliphatic heterocycles. The molecule has 6 heteroatoms. The molecule has 108 valence electrons. The lowest BCUT2D eigenvalue weighted by atomic mass is 10.2. The molecule has 1 heterocycles. The maximum Gasteiger partial charge on any atom is 0.269 e. The smallest absolute Gasteiger partial charge is 0.269 e. The predicted molar refractivity (Wildman–Crippen MR) is 78.5 cm³/mol. The van der Waals surface area contributed by atoms with Crippen LogP contribution in [0.5, 0.6) is 0 Å². The van der Waals surface area contributed by atoms with Gasteiger partial charge in [0.2, 0.25) is 0 Å². The predicted octanol–water partition coefficient (Wildman–Crippen LogP) is 2.40. The Balaban J connectivity index is 1.95. The molecule has 0 spiro atoms. The first-order valence-corrected chi connectivity index (χ1v) is 6.52. The summed E-state index contributed by atoms with van der Waals surface area (Å²) >= 11 is 0. The molecule has 1 aromatic heterocycles. The number of hydrogen-bond donors (Lipinski definition) is 1. The van der Waals surface area contributed by atoms with E-state index in [1.54, 1.807) is 12.1 Å². The van der Waals surface area contributed by atoms with Crippen molar-refractivity contribution in [3.63, 3.8) is 0 Å². The van der Waals surface area contributed by atoms with Gasteiger partial charge in [-0.2, -0.15) is 5.26 Å². The zero-order valence-corrected chi connectivity index (χ0v) is 12.0. The van der Waals surface area contributed by atoms with Gasteiger partial charge >= 0.3 is 0 Å². The summed E-state index contributed by atoms with van der Waals surface area (Å²) in [6, 6.07) is 10.5. The summed E-state index contributed by atoms with van der Waals surface area (Å²) in [5.74, 6) is 0. The van der Waals surface area contributed by atoms with Gasteiger partial charge in [-0.05, 0) is 24.1 Å². The summed E-state index contributed by atoms with van der Waals surface area (Å²) in [7, 11) is 1.87. The Morgan fingerprint density at radius 2 is 2.00 bits per heavy atom. The van der Waals surface area contributed by atoms with E-state index in [-0.39, 0.29) is 5.69 Å². The molecule has 2 rings (SSSR count). The average Bonchev–Trinajstić information content (AvgIpc) is 2.75. The molecule has 6 nitrogen and oxygen atoms in total. The fourth-order valence-electron chi connectivity index (χ4n) is 2.13. The van der Waals surface area contributed by atoms with E-state index in [2.05, 4.69) is 11.4 Å². The summed E-state index contributed by atoms with van der Waals surface area (Å²) < 4.78 is 1.86. The number of non-ortho nitro benzene ring substituents is 1. The fraction of sp³-hybridized carbons (Fsp3) is 0.267. The number of benzene rings is 1. The number of nitro groups is 1. The maximum atomic E-state index is 10.6. The van der Waals surface area contributed by atoms with Crippen molar-refractivity contribution < 1.29 is 4.92 Å². The minimum absolute atomic E-state index is 0.0938. The standard InChI is InChI=1S/C15H16N4O2/c1-11-13(7-15(8-16)18(11)2)10-17-9-12-3-5-14(6-4-12)19(20)21/h3-7,17H,9-10H2,1-2H3. The number of nitriles is 1. The summed E-state index contributed by atoms with van der Waals surface area (Å²) in [6.45, 7) is 3.25. The van der Waals surface area contributed by atoms with Crippen LogP contribution < -0.4 is 5.32 Å².